The highest BCUT2D eigenvalue weighted by Gasteiger charge is 2.09. The number of halogens is 1. The standard InChI is InChI=1S/C20H25N5O2S.ClH/c1-3-26-18-11-10-16(14-19(18)27-4-2)15-21-12-13-28-20-22-23-24-25(20)17-8-6-5-7-9-17;/h5-11,14,21H,3-4,12-13,15H2,1-2H3;1H. The van der Waals surface area contributed by atoms with Crippen molar-refractivity contribution in [2.75, 3.05) is 25.5 Å². The molecule has 1 N–H and O–H groups in total. The lowest BCUT2D eigenvalue weighted by Crippen LogP contribution is -2.17. The molecule has 2 aromatic carbocycles. The summed E-state index contributed by atoms with van der Waals surface area (Å²) in [7, 11) is 0. The number of ether oxygens (including phenoxy) is 2. The molecule has 0 aliphatic rings. The minimum absolute atomic E-state index is 0. The smallest absolute Gasteiger partial charge is 0.214 e. The molecule has 0 amide bonds. The van der Waals surface area contributed by atoms with Gasteiger partial charge in [-0.1, -0.05) is 36.0 Å². The van der Waals surface area contributed by atoms with Gasteiger partial charge >= 0.3 is 0 Å². The Labute approximate surface area is 181 Å². The van der Waals surface area contributed by atoms with Crippen LogP contribution in [0.2, 0.25) is 0 Å². The molecule has 0 unspecified atom stereocenters. The maximum Gasteiger partial charge on any atom is 0.214 e. The molecule has 9 heteroatoms. The first-order valence-corrected chi connectivity index (χ1v) is 10.4. The molecule has 0 atom stereocenters. The molecule has 1 heterocycles. The minimum Gasteiger partial charge on any atom is -0.490 e. The Balaban J connectivity index is 0.00000300. The Bertz CT molecular complexity index is 863. The van der Waals surface area contributed by atoms with Crippen LogP contribution in [0.3, 0.4) is 0 Å². The van der Waals surface area contributed by atoms with Gasteiger partial charge in [0.2, 0.25) is 5.16 Å². The second kappa shape index (κ2) is 12.3. The molecule has 7 nitrogen and oxygen atoms in total. The molecule has 3 aromatic rings. The average molecular weight is 436 g/mol. The van der Waals surface area contributed by atoms with Crippen LogP contribution in [0.5, 0.6) is 11.5 Å². The summed E-state index contributed by atoms with van der Waals surface area (Å²) in [5.74, 6) is 2.44. The molecule has 0 bridgehead atoms. The Hall–Kier alpha value is -2.29. The third kappa shape index (κ3) is 6.62. The number of benzene rings is 2. The van der Waals surface area contributed by atoms with E-state index in [0.717, 1.165) is 46.7 Å². The summed E-state index contributed by atoms with van der Waals surface area (Å²) in [6, 6.07) is 16.0. The predicted octanol–water partition coefficient (Wildman–Crippen LogP) is 3.76. The summed E-state index contributed by atoms with van der Waals surface area (Å²) in [5.41, 5.74) is 2.12. The fourth-order valence-corrected chi connectivity index (χ4v) is 3.44. The van der Waals surface area contributed by atoms with Crippen LogP contribution in [0, 0.1) is 0 Å². The van der Waals surface area contributed by atoms with Crippen LogP contribution in [0.25, 0.3) is 5.69 Å². The number of hydrogen-bond acceptors (Lipinski definition) is 7. The summed E-state index contributed by atoms with van der Waals surface area (Å²) in [6.45, 7) is 6.78. The van der Waals surface area contributed by atoms with Crippen molar-refractivity contribution in [1.82, 2.24) is 25.5 Å². The van der Waals surface area contributed by atoms with Crippen molar-refractivity contribution in [1.29, 1.82) is 0 Å². The molecule has 0 aliphatic heterocycles. The fraction of sp³-hybridized carbons (Fsp3) is 0.350. The molecule has 1 aromatic heterocycles. The van der Waals surface area contributed by atoms with Crippen molar-refractivity contribution >= 4 is 24.2 Å². The summed E-state index contributed by atoms with van der Waals surface area (Å²) in [4.78, 5) is 0. The van der Waals surface area contributed by atoms with Gasteiger partial charge in [-0.25, -0.2) is 0 Å². The van der Waals surface area contributed by atoms with E-state index >= 15 is 0 Å². The first kappa shape index (κ1) is 23.0. The molecular weight excluding hydrogens is 410 g/mol. The van der Waals surface area contributed by atoms with E-state index in [1.165, 1.54) is 0 Å². The van der Waals surface area contributed by atoms with Crippen molar-refractivity contribution in [3.05, 3.63) is 54.1 Å². The van der Waals surface area contributed by atoms with Crippen molar-refractivity contribution in [3.8, 4) is 17.2 Å². The SMILES string of the molecule is CCOc1ccc(CNCCSc2nnnn2-c2ccccc2)cc1OCC.Cl. The van der Waals surface area contributed by atoms with E-state index in [2.05, 4.69) is 26.9 Å². The van der Waals surface area contributed by atoms with Crippen LogP contribution in [-0.4, -0.2) is 45.7 Å². The van der Waals surface area contributed by atoms with Crippen LogP contribution < -0.4 is 14.8 Å². The minimum atomic E-state index is 0. The van der Waals surface area contributed by atoms with Gasteiger partial charge in [-0.05, 0) is 54.1 Å². The largest absolute Gasteiger partial charge is 0.490 e. The number of hydrogen-bond donors (Lipinski definition) is 1. The normalized spacial score (nSPS) is 10.4. The molecule has 29 heavy (non-hydrogen) atoms. The Morgan fingerprint density at radius 1 is 1.00 bits per heavy atom. The zero-order chi connectivity index (χ0) is 19.6. The Kier molecular flexibility index (Phi) is 9.76. The zero-order valence-corrected chi connectivity index (χ0v) is 18.2. The molecule has 0 aliphatic carbocycles. The second-order valence-corrected chi connectivity index (χ2v) is 6.94. The van der Waals surface area contributed by atoms with Gasteiger partial charge in [-0.2, -0.15) is 4.68 Å². The molecular formula is C20H26ClN5O2S. The first-order chi connectivity index (χ1) is 13.8. The van der Waals surface area contributed by atoms with Gasteiger partial charge in [0.15, 0.2) is 11.5 Å². The third-order valence-corrected chi connectivity index (χ3v) is 4.81. The van der Waals surface area contributed by atoms with E-state index in [1.807, 2.05) is 56.3 Å². The van der Waals surface area contributed by atoms with E-state index in [9.17, 15) is 0 Å². The van der Waals surface area contributed by atoms with E-state index in [0.29, 0.717) is 13.2 Å². The summed E-state index contributed by atoms with van der Waals surface area (Å²) in [6.07, 6.45) is 0. The van der Waals surface area contributed by atoms with Crippen LogP contribution in [0.1, 0.15) is 19.4 Å². The maximum absolute atomic E-state index is 5.68. The van der Waals surface area contributed by atoms with E-state index < -0.39 is 0 Å². The van der Waals surface area contributed by atoms with Gasteiger partial charge < -0.3 is 14.8 Å². The van der Waals surface area contributed by atoms with Gasteiger partial charge in [-0.15, -0.1) is 17.5 Å². The topological polar surface area (TPSA) is 74.1 Å². The number of para-hydroxylation sites is 1. The van der Waals surface area contributed by atoms with Crippen molar-refractivity contribution in [3.63, 3.8) is 0 Å². The molecule has 0 radical (unpaired) electrons. The molecule has 3 rings (SSSR count). The van der Waals surface area contributed by atoms with Crippen molar-refractivity contribution in [2.24, 2.45) is 0 Å². The van der Waals surface area contributed by atoms with Gasteiger partial charge in [0.25, 0.3) is 0 Å². The lowest BCUT2D eigenvalue weighted by molar-refractivity contribution is 0.287. The lowest BCUT2D eigenvalue weighted by atomic mass is 10.2. The van der Waals surface area contributed by atoms with Crippen molar-refractivity contribution in [2.45, 2.75) is 25.5 Å². The molecule has 0 saturated heterocycles. The van der Waals surface area contributed by atoms with Crippen LogP contribution in [-0.2, 0) is 6.54 Å². The van der Waals surface area contributed by atoms with Crippen LogP contribution >= 0.6 is 24.2 Å². The van der Waals surface area contributed by atoms with E-state index in [1.54, 1.807) is 16.4 Å². The summed E-state index contributed by atoms with van der Waals surface area (Å²) < 4.78 is 13.0. The Morgan fingerprint density at radius 3 is 2.52 bits per heavy atom. The number of aromatic nitrogens is 4. The zero-order valence-electron chi connectivity index (χ0n) is 16.6. The quantitative estimate of drug-likeness (QED) is 0.363. The number of tetrazole rings is 1. The van der Waals surface area contributed by atoms with Gasteiger partial charge in [0, 0.05) is 18.8 Å². The number of thioether (sulfide) groups is 1. The third-order valence-electron chi connectivity index (χ3n) is 3.89. The summed E-state index contributed by atoms with van der Waals surface area (Å²) in [5, 5.41) is 16.2. The van der Waals surface area contributed by atoms with Crippen LogP contribution in [0.15, 0.2) is 53.7 Å². The molecule has 0 spiro atoms. The predicted molar refractivity (Wildman–Crippen MR) is 118 cm³/mol. The van der Waals surface area contributed by atoms with Gasteiger partial charge in [-0.3, -0.25) is 0 Å². The number of rotatable bonds is 11. The van der Waals surface area contributed by atoms with Crippen LogP contribution in [0.4, 0.5) is 0 Å². The number of nitrogens with one attached hydrogen (secondary N) is 1. The molecule has 156 valence electrons. The van der Waals surface area contributed by atoms with Gasteiger partial charge in [0.1, 0.15) is 0 Å². The first-order valence-electron chi connectivity index (χ1n) is 9.37. The second-order valence-electron chi connectivity index (χ2n) is 5.88. The Morgan fingerprint density at radius 2 is 1.76 bits per heavy atom. The lowest BCUT2D eigenvalue weighted by Gasteiger charge is -2.12. The summed E-state index contributed by atoms with van der Waals surface area (Å²) >= 11 is 1.62. The van der Waals surface area contributed by atoms with E-state index in [4.69, 9.17) is 9.47 Å². The highest BCUT2D eigenvalue weighted by atomic mass is 35.5. The highest BCUT2D eigenvalue weighted by Crippen LogP contribution is 2.28. The fourth-order valence-electron chi connectivity index (χ4n) is 2.65. The monoisotopic (exact) mass is 435 g/mol. The van der Waals surface area contributed by atoms with Gasteiger partial charge in [0.05, 0.1) is 18.9 Å². The van der Waals surface area contributed by atoms with E-state index in [-0.39, 0.29) is 12.4 Å². The highest BCUT2D eigenvalue weighted by molar-refractivity contribution is 7.99. The molecule has 0 saturated carbocycles. The average Bonchev–Trinajstić information content (AvgIpc) is 3.19. The van der Waals surface area contributed by atoms with Crippen molar-refractivity contribution < 1.29 is 9.47 Å². The molecule has 0 fully saturated rings. The maximum atomic E-state index is 5.68. The number of nitrogens with zero attached hydrogens (tertiary/aromatic N) is 4.